The summed E-state index contributed by atoms with van der Waals surface area (Å²) in [7, 11) is 0. The molecule has 2 heterocycles. The van der Waals surface area contributed by atoms with Gasteiger partial charge in [-0.2, -0.15) is 5.26 Å². The molecule has 0 aliphatic carbocycles. The summed E-state index contributed by atoms with van der Waals surface area (Å²) in [6.07, 6.45) is 1.16. The molecule has 0 atom stereocenters. The number of carboxylic acid groups (broad SMARTS) is 1. The second kappa shape index (κ2) is 7.29. The van der Waals surface area contributed by atoms with Gasteiger partial charge < -0.3 is 9.52 Å². The van der Waals surface area contributed by atoms with Crippen molar-refractivity contribution >= 4 is 35.0 Å². The van der Waals surface area contributed by atoms with Crippen LogP contribution in [0.1, 0.15) is 17.7 Å². The van der Waals surface area contributed by atoms with Crippen LogP contribution in [0.3, 0.4) is 0 Å². The van der Waals surface area contributed by atoms with E-state index in [4.69, 9.17) is 14.8 Å². The zero-order valence-electron chi connectivity index (χ0n) is 13.3. The molecule has 1 fully saturated rings. The van der Waals surface area contributed by atoms with Crippen LogP contribution in [0.4, 0.5) is 4.79 Å². The van der Waals surface area contributed by atoms with E-state index in [1.807, 2.05) is 6.07 Å². The smallest absolute Gasteiger partial charge is 0.305 e. The SMILES string of the molecule is N#Cc1ccc(-c2ccc(C=C3SC(=O)N(CCC(=O)O)C3=O)o2)cc1. The first-order valence-corrected chi connectivity index (χ1v) is 8.37. The number of benzene rings is 1. The molecule has 2 aromatic rings. The summed E-state index contributed by atoms with van der Waals surface area (Å²) >= 11 is 0.748. The number of rotatable bonds is 5. The number of carbonyl (C=O) groups excluding carboxylic acids is 2. The standard InChI is InChI=1S/C18H12N2O5S/c19-10-11-1-3-12(4-2-11)14-6-5-13(25-14)9-15-17(23)20(18(24)26-15)8-7-16(21)22/h1-6,9H,7-8H2,(H,21,22). The third kappa shape index (κ3) is 3.68. The lowest BCUT2D eigenvalue weighted by Crippen LogP contribution is -2.30. The highest BCUT2D eigenvalue weighted by Gasteiger charge is 2.35. The van der Waals surface area contributed by atoms with E-state index in [1.165, 1.54) is 6.08 Å². The van der Waals surface area contributed by atoms with E-state index in [-0.39, 0.29) is 17.9 Å². The number of furan rings is 1. The molecule has 8 heteroatoms. The zero-order chi connectivity index (χ0) is 18.7. The van der Waals surface area contributed by atoms with E-state index in [0.29, 0.717) is 17.1 Å². The molecule has 1 saturated heterocycles. The molecule has 0 radical (unpaired) electrons. The van der Waals surface area contributed by atoms with Gasteiger partial charge >= 0.3 is 5.97 Å². The Morgan fingerprint density at radius 1 is 1.23 bits per heavy atom. The van der Waals surface area contributed by atoms with Crippen molar-refractivity contribution in [2.75, 3.05) is 6.54 Å². The fraction of sp³-hybridized carbons (Fsp3) is 0.111. The fourth-order valence-corrected chi connectivity index (χ4v) is 3.17. The minimum Gasteiger partial charge on any atom is -0.481 e. The van der Waals surface area contributed by atoms with Crippen LogP contribution in [-0.4, -0.2) is 33.7 Å². The minimum atomic E-state index is -1.08. The van der Waals surface area contributed by atoms with E-state index in [2.05, 4.69) is 0 Å². The van der Waals surface area contributed by atoms with Gasteiger partial charge in [0, 0.05) is 18.2 Å². The highest BCUT2D eigenvalue weighted by molar-refractivity contribution is 8.18. The number of imide groups is 1. The molecule has 0 spiro atoms. The topological polar surface area (TPSA) is 112 Å². The molecule has 7 nitrogen and oxygen atoms in total. The number of thioether (sulfide) groups is 1. The number of carbonyl (C=O) groups is 3. The van der Waals surface area contributed by atoms with E-state index < -0.39 is 17.1 Å². The Morgan fingerprint density at radius 3 is 2.62 bits per heavy atom. The number of hydrogen-bond donors (Lipinski definition) is 1. The number of nitrogens with zero attached hydrogens (tertiary/aromatic N) is 2. The Bertz CT molecular complexity index is 953. The van der Waals surface area contributed by atoms with Crippen molar-refractivity contribution in [1.29, 1.82) is 5.26 Å². The molecule has 1 aliphatic heterocycles. The maximum Gasteiger partial charge on any atom is 0.305 e. The molecule has 1 aromatic heterocycles. The molecule has 2 amide bonds. The van der Waals surface area contributed by atoms with Crippen LogP contribution in [0.25, 0.3) is 17.4 Å². The van der Waals surface area contributed by atoms with Crippen molar-refractivity contribution < 1.29 is 23.9 Å². The molecule has 1 aromatic carbocycles. The zero-order valence-corrected chi connectivity index (χ0v) is 14.2. The fourth-order valence-electron chi connectivity index (χ4n) is 2.32. The van der Waals surface area contributed by atoms with Crippen molar-refractivity contribution in [2.45, 2.75) is 6.42 Å². The summed E-state index contributed by atoms with van der Waals surface area (Å²) in [5, 5.41) is 17.0. The van der Waals surface area contributed by atoms with Crippen LogP contribution in [-0.2, 0) is 9.59 Å². The number of nitriles is 1. The largest absolute Gasteiger partial charge is 0.481 e. The molecular weight excluding hydrogens is 356 g/mol. The van der Waals surface area contributed by atoms with Crippen LogP contribution in [0.5, 0.6) is 0 Å². The molecule has 0 bridgehead atoms. The van der Waals surface area contributed by atoms with Gasteiger partial charge in [0.25, 0.3) is 11.1 Å². The molecule has 1 N–H and O–H groups in total. The molecule has 130 valence electrons. The molecule has 0 unspecified atom stereocenters. The van der Waals surface area contributed by atoms with Gasteiger partial charge in [0.05, 0.1) is 23.0 Å². The van der Waals surface area contributed by atoms with Gasteiger partial charge in [-0.1, -0.05) is 0 Å². The molecule has 0 saturated carbocycles. The predicted octanol–water partition coefficient (Wildman–Crippen LogP) is 3.33. The van der Waals surface area contributed by atoms with Gasteiger partial charge in [0.15, 0.2) is 0 Å². The average Bonchev–Trinajstić information content (AvgIpc) is 3.19. The van der Waals surface area contributed by atoms with Crippen molar-refractivity contribution in [3.63, 3.8) is 0 Å². The van der Waals surface area contributed by atoms with E-state index in [0.717, 1.165) is 22.2 Å². The Labute approximate surface area is 152 Å². The monoisotopic (exact) mass is 368 g/mol. The van der Waals surface area contributed by atoms with Gasteiger partial charge in [-0.25, -0.2) is 0 Å². The van der Waals surface area contributed by atoms with Gasteiger partial charge in [-0.05, 0) is 48.2 Å². The van der Waals surface area contributed by atoms with Crippen molar-refractivity contribution in [3.05, 3.63) is 52.6 Å². The molecule has 1 aliphatic rings. The Hall–Kier alpha value is -3.31. The average molecular weight is 368 g/mol. The quantitative estimate of drug-likeness (QED) is 0.806. The van der Waals surface area contributed by atoms with Crippen LogP contribution in [0, 0.1) is 11.3 Å². The maximum absolute atomic E-state index is 12.2. The lowest BCUT2D eigenvalue weighted by atomic mass is 10.1. The summed E-state index contributed by atoms with van der Waals surface area (Å²) in [5.74, 6) is -0.650. The van der Waals surface area contributed by atoms with Crippen LogP contribution < -0.4 is 0 Å². The third-order valence-electron chi connectivity index (χ3n) is 3.62. The first-order chi connectivity index (χ1) is 12.5. The summed E-state index contributed by atoms with van der Waals surface area (Å²) in [6.45, 7) is -0.161. The highest BCUT2D eigenvalue weighted by atomic mass is 32.2. The molecular formula is C18H12N2O5S. The van der Waals surface area contributed by atoms with E-state index in [1.54, 1.807) is 36.4 Å². The Morgan fingerprint density at radius 2 is 1.96 bits per heavy atom. The highest BCUT2D eigenvalue weighted by Crippen LogP contribution is 2.33. The van der Waals surface area contributed by atoms with E-state index in [9.17, 15) is 14.4 Å². The normalized spacial score (nSPS) is 15.5. The second-order valence-electron chi connectivity index (χ2n) is 5.37. The maximum atomic E-state index is 12.2. The van der Waals surface area contributed by atoms with Crippen molar-refractivity contribution in [1.82, 2.24) is 4.90 Å². The number of carboxylic acids is 1. The third-order valence-corrected chi connectivity index (χ3v) is 4.53. The lowest BCUT2D eigenvalue weighted by Gasteiger charge is -2.09. The van der Waals surface area contributed by atoms with Crippen LogP contribution >= 0.6 is 11.8 Å². The van der Waals surface area contributed by atoms with Gasteiger partial charge in [-0.3, -0.25) is 19.3 Å². The van der Waals surface area contributed by atoms with Crippen LogP contribution in [0.2, 0.25) is 0 Å². The van der Waals surface area contributed by atoms with Gasteiger partial charge in [0.1, 0.15) is 11.5 Å². The van der Waals surface area contributed by atoms with Gasteiger partial charge in [0.2, 0.25) is 0 Å². The Balaban J connectivity index is 1.77. The molecule has 26 heavy (non-hydrogen) atoms. The number of aliphatic carboxylic acids is 1. The first kappa shape index (κ1) is 17.5. The molecule has 3 rings (SSSR count). The number of amides is 2. The minimum absolute atomic E-state index is 0.161. The number of hydrogen-bond acceptors (Lipinski definition) is 6. The van der Waals surface area contributed by atoms with E-state index >= 15 is 0 Å². The summed E-state index contributed by atoms with van der Waals surface area (Å²) in [4.78, 5) is 35.8. The van der Waals surface area contributed by atoms with Crippen LogP contribution in [0.15, 0.2) is 45.7 Å². The summed E-state index contributed by atoms with van der Waals surface area (Å²) in [5.41, 5.74) is 1.31. The lowest BCUT2D eigenvalue weighted by molar-refractivity contribution is -0.137. The second-order valence-corrected chi connectivity index (χ2v) is 6.36. The predicted molar refractivity (Wildman–Crippen MR) is 93.8 cm³/mol. The van der Waals surface area contributed by atoms with Gasteiger partial charge in [-0.15, -0.1) is 0 Å². The summed E-state index contributed by atoms with van der Waals surface area (Å²) < 4.78 is 5.67. The first-order valence-electron chi connectivity index (χ1n) is 7.55. The summed E-state index contributed by atoms with van der Waals surface area (Å²) in [6, 6.07) is 12.3. The van der Waals surface area contributed by atoms with Crippen molar-refractivity contribution in [2.24, 2.45) is 0 Å². The Kier molecular flexibility index (Phi) is 4.91. The van der Waals surface area contributed by atoms with Crippen molar-refractivity contribution in [3.8, 4) is 17.4 Å².